The lowest BCUT2D eigenvalue weighted by Crippen LogP contribution is -2.40. The molecule has 0 heterocycles. The Bertz CT molecular complexity index is 562. The highest BCUT2D eigenvalue weighted by atomic mass is 16.5. The van der Waals surface area contributed by atoms with Crippen LogP contribution in [0.1, 0.15) is 46.6 Å². The van der Waals surface area contributed by atoms with Crippen molar-refractivity contribution in [3.8, 4) is 11.8 Å². The summed E-state index contributed by atoms with van der Waals surface area (Å²) in [6.45, 7) is 9.65. The molecule has 0 fully saturated rings. The van der Waals surface area contributed by atoms with E-state index in [-0.39, 0.29) is 12.0 Å². The van der Waals surface area contributed by atoms with Crippen LogP contribution in [0.15, 0.2) is 18.2 Å². The summed E-state index contributed by atoms with van der Waals surface area (Å²) in [5, 5.41) is 12.0. The lowest BCUT2D eigenvalue weighted by molar-refractivity contribution is -0.136. The van der Waals surface area contributed by atoms with Gasteiger partial charge in [0.25, 0.3) is 5.91 Å². The van der Waals surface area contributed by atoms with Crippen LogP contribution in [-0.2, 0) is 9.53 Å². The minimum absolute atomic E-state index is 0.0730. The van der Waals surface area contributed by atoms with Gasteiger partial charge in [-0.2, -0.15) is 5.26 Å². The molecule has 22 heavy (non-hydrogen) atoms. The maximum Gasteiger partial charge on any atom is 0.256 e. The summed E-state index contributed by atoms with van der Waals surface area (Å²) < 4.78 is 11.1. The number of benzene rings is 1. The maximum atomic E-state index is 12.2. The van der Waals surface area contributed by atoms with Crippen molar-refractivity contribution in [2.24, 2.45) is 0 Å². The van der Waals surface area contributed by atoms with E-state index in [1.54, 1.807) is 32.0 Å². The third-order valence-electron chi connectivity index (χ3n) is 3.32. The first-order valence-corrected chi connectivity index (χ1v) is 7.50. The van der Waals surface area contributed by atoms with Crippen molar-refractivity contribution in [1.29, 1.82) is 5.26 Å². The van der Waals surface area contributed by atoms with Crippen LogP contribution in [0.5, 0.6) is 5.75 Å². The van der Waals surface area contributed by atoms with E-state index in [0.29, 0.717) is 23.6 Å². The van der Waals surface area contributed by atoms with Crippen LogP contribution in [0.4, 0.5) is 5.69 Å². The molecule has 0 aliphatic rings. The molecule has 120 valence electrons. The molecule has 5 heteroatoms. The summed E-state index contributed by atoms with van der Waals surface area (Å²) in [5.74, 6) is 0.328. The molecule has 0 saturated heterocycles. The summed E-state index contributed by atoms with van der Waals surface area (Å²) in [6.07, 6.45) is 0.951. The number of nitrogens with zero attached hydrogens (tertiary/aromatic N) is 1. The Morgan fingerprint density at radius 3 is 2.64 bits per heavy atom. The fourth-order valence-corrected chi connectivity index (χ4v) is 1.81. The second kappa shape index (κ2) is 7.81. The molecule has 0 aliphatic carbocycles. The van der Waals surface area contributed by atoms with Gasteiger partial charge in [-0.3, -0.25) is 4.79 Å². The number of rotatable bonds is 7. The predicted octanol–water partition coefficient (Wildman–Crippen LogP) is 3.49. The van der Waals surface area contributed by atoms with Crippen molar-refractivity contribution in [3.63, 3.8) is 0 Å². The third kappa shape index (κ3) is 4.74. The van der Waals surface area contributed by atoms with Gasteiger partial charge in [0.05, 0.1) is 17.4 Å². The normalized spacial score (nSPS) is 12.4. The highest BCUT2D eigenvalue weighted by Gasteiger charge is 2.28. The average Bonchev–Trinajstić information content (AvgIpc) is 2.48. The Kier molecular flexibility index (Phi) is 6.39. The van der Waals surface area contributed by atoms with Gasteiger partial charge in [0.15, 0.2) is 0 Å². The summed E-state index contributed by atoms with van der Waals surface area (Å²) in [5.41, 5.74) is -0.133. The first kappa shape index (κ1) is 18.0. The van der Waals surface area contributed by atoms with Crippen LogP contribution in [-0.4, -0.2) is 24.2 Å². The Labute approximate surface area is 132 Å². The van der Waals surface area contributed by atoms with Crippen LogP contribution in [0.3, 0.4) is 0 Å². The van der Waals surface area contributed by atoms with Crippen molar-refractivity contribution in [2.75, 3.05) is 11.9 Å². The molecule has 1 N–H and O–H groups in total. The van der Waals surface area contributed by atoms with Crippen LogP contribution >= 0.6 is 0 Å². The number of carbonyl (C=O) groups is 1. The van der Waals surface area contributed by atoms with Crippen molar-refractivity contribution >= 4 is 11.6 Å². The predicted molar refractivity (Wildman–Crippen MR) is 85.9 cm³/mol. The Morgan fingerprint density at radius 1 is 1.41 bits per heavy atom. The maximum absolute atomic E-state index is 12.2. The van der Waals surface area contributed by atoms with Crippen molar-refractivity contribution in [3.05, 3.63) is 23.8 Å². The quantitative estimate of drug-likeness (QED) is 0.837. The molecular weight excluding hydrogens is 280 g/mol. The summed E-state index contributed by atoms with van der Waals surface area (Å²) in [6, 6.07) is 7.14. The lowest BCUT2D eigenvalue weighted by atomic mass is 10.1. The number of nitriles is 1. The molecule has 1 rings (SSSR count). The minimum Gasteiger partial charge on any atom is -0.491 e. The van der Waals surface area contributed by atoms with Crippen LogP contribution < -0.4 is 10.1 Å². The van der Waals surface area contributed by atoms with E-state index in [0.717, 1.165) is 6.42 Å². The Morgan fingerprint density at radius 2 is 2.09 bits per heavy atom. The number of carbonyl (C=O) groups excluding carboxylic acids is 1. The monoisotopic (exact) mass is 304 g/mol. The van der Waals surface area contributed by atoms with E-state index >= 15 is 0 Å². The molecule has 1 aromatic carbocycles. The number of ether oxygens (including phenoxy) is 2. The number of amides is 1. The van der Waals surface area contributed by atoms with Gasteiger partial charge >= 0.3 is 0 Å². The molecule has 0 spiro atoms. The van der Waals surface area contributed by atoms with Crippen LogP contribution in [0.25, 0.3) is 0 Å². The second-order valence-electron chi connectivity index (χ2n) is 5.55. The summed E-state index contributed by atoms with van der Waals surface area (Å²) in [7, 11) is 0. The third-order valence-corrected chi connectivity index (χ3v) is 3.32. The van der Waals surface area contributed by atoms with Crippen LogP contribution in [0, 0.1) is 11.3 Å². The number of hydrogen-bond acceptors (Lipinski definition) is 4. The molecule has 0 saturated carbocycles. The van der Waals surface area contributed by atoms with Gasteiger partial charge in [-0.25, -0.2) is 0 Å². The zero-order valence-electron chi connectivity index (χ0n) is 13.9. The molecule has 0 aliphatic heterocycles. The lowest BCUT2D eigenvalue weighted by Gasteiger charge is -2.23. The summed E-state index contributed by atoms with van der Waals surface area (Å²) >= 11 is 0. The molecule has 0 unspecified atom stereocenters. The SMILES string of the molecule is CCOC(C)(C)C(=O)Nc1ccc(O[C@H](C)CC)cc1C#N. The second-order valence-corrected chi connectivity index (χ2v) is 5.55. The van der Waals surface area contributed by atoms with Crippen molar-refractivity contribution in [2.45, 2.75) is 52.7 Å². The summed E-state index contributed by atoms with van der Waals surface area (Å²) in [4.78, 5) is 12.2. The zero-order valence-corrected chi connectivity index (χ0v) is 13.9. The molecular formula is C17H24N2O3. The van der Waals surface area contributed by atoms with E-state index in [2.05, 4.69) is 11.4 Å². The van der Waals surface area contributed by atoms with Crippen LogP contribution in [0.2, 0.25) is 0 Å². The Hall–Kier alpha value is -2.06. The van der Waals surface area contributed by atoms with Gasteiger partial charge in [-0.1, -0.05) is 6.92 Å². The molecule has 1 amide bonds. The molecule has 0 bridgehead atoms. The van der Waals surface area contributed by atoms with Gasteiger partial charge in [0.2, 0.25) is 0 Å². The first-order chi connectivity index (χ1) is 10.3. The highest BCUT2D eigenvalue weighted by molar-refractivity contribution is 5.97. The van der Waals surface area contributed by atoms with Gasteiger partial charge in [0.1, 0.15) is 17.4 Å². The van der Waals surface area contributed by atoms with E-state index < -0.39 is 5.60 Å². The molecule has 5 nitrogen and oxygen atoms in total. The standard InChI is InChI=1S/C17H24N2O3/c1-6-12(3)22-14-8-9-15(13(10-14)11-18)19-16(20)17(4,5)21-7-2/h8-10,12H,6-7H2,1-5H3,(H,19,20)/t12-/m1/s1. The van der Waals surface area contributed by atoms with Gasteiger partial charge in [-0.15, -0.1) is 0 Å². The highest BCUT2D eigenvalue weighted by Crippen LogP contribution is 2.24. The first-order valence-electron chi connectivity index (χ1n) is 7.50. The topological polar surface area (TPSA) is 71.3 Å². The van der Waals surface area contributed by atoms with E-state index in [1.807, 2.05) is 20.8 Å². The largest absolute Gasteiger partial charge is 0.491 e. The van der Waals surface area contributed by atoms with E-state index in [1.165, 1.54) is 0 Å². The molecule has 1 atom stereocenters. The fourth-order valence-electron chi connectivity index (χ4n) is 1.81. The fraction of sp³-hybridized carbons (Fsp3) is 0.529. The van der Waals surface area contributed by atoms with Gasteiger partial charge in [-0.05, 0) is 46.2 Å². The Balaban J connectivity index is 2.92. The number of hydrogen-bond donors (Lipinski definition) is 1. The molecule has 0 aromatic heterocycles. The smallest absolute Gasteiger partial charge is 0.256 e. The van der Waals surface area contributed by atoms with E-state index in [4.69, 9.17) is 9.47 Å². The molecule has 0 radical (unpaired) electrons. The molecule has 1 aromatic rings. The average molecular weight is 304 g/mol. The zero-order chi connectivity index (χ0) is 16.8. The van der Waals surface area contributed by atoms with Crippen molar-refractivity contribution in [1.82, 2.24) is 0 Å². The van der Waals surface area contributed by atoms with Gasteiger partial charge in [0, 0.05) is 12.7 Å². The minimum atomic E-state index is -0.951. The van der Waals surface area contributed by atoms with Crippen molar-refractivity contribution < 1.29 is 14.3 Å². The number of nitrogens with one attached hydrogen (secondary N) is 1. The van der Waals surface area contributed by atoms with Gasteiger partial charge < -0.3 is 14.8 Å². The van der Waals surface area contributed by atoms with E-state index in [9.17, 15) is 10.1 Å². The number of anilines is 1.